The van der Waals surface area contributed by atoms with Gasteiger partial charge in [-0.2, -0.15) is 0 Å². The first-order valence-electron chi connectivity index (χ1n) is 6.18. The van der Waals surface area contributed by atoms with Crippen molar-refractivity contribution in [1.82, 2.24) is 10.3 Å². The second-order valence-corrected chi connectivity index (χ2v) is 4.79. The standard InChI is InChI=1S/C14H16N2O/c17-14(16-9-10-2-1-3-10)12-4-5-13-11(8-12)6-7-15-13/h4-8,10,15H,1-3,9H2,(H,16,17). The van der Waals surface area contributed by atoms with Crippen LogP contribution in [-0.2, 0) is 0 Å². The van der Waals surface area contributed by atoms with Gasteiger partial charge in [-0.1, -0.05) is 6.42 Å². The van der Waals surface area contributed by atoms with E-state index in [1.54, 1.807) is 0 Å². The van der Waals surface area contributed by atoms with Crippen molar-refractivity contribution < 1.29 is 4.79 Å². The highest BCUT2D eigenvalue weighted by atomic mass is 16.1. The van der Waals surface area contributed by atoms with Crippen LogP contribution in [0.1, 0.15) is 29.6 Å². The smallest absolute Gasteiger partial charge is 0.251 e. The van der Waals surface area contributed by atoms with Crippen molar-refractivity contribution in [2.24, 2.45) is 5.92 Å². The third-order valence-corrected chi connectivity index (χ3v) is 3.59. The number of benzene rings is 1. The zero-order valence-electron chi connectivity index (χ0n) is 9.70. The number of carbonyl (C=O) groups is 1. The van der Waals surface area contributed by atoms with E-state index in [0.29, 0.717) is 5.92 Å². The molecule has 3 nitrogen and oxygen atoms in total. The molecular weight excluding hydrogens is 212 g/mol. The molecule has 17 heavy (non-hydrogen) atoms. The molecule has 0 spiro atoms. The molecule has 3 heteroatoms. The Morgan fingerprint density at radius 1 is 1.35 bits per heavy atom. The molecule has 1 aromatic heterocycles. The van der Waals surface area contributed by atoms with Crippen molar-refractivity contribution in [3.8, 4) is 0 Å². The van der Waals surface area contributed by atoms with E-state index in [-0.39, 0.29) is 5.91 Å². The van der Waals surface area contributed by atoms with Gasteiger partial charge in [0.25, 0.3) is 5.91 Å². The normalized spacial score (nSPS) is 15.8. The summed E-state index contributed by atoms with van der Waals surface area (Å²) in [4.78, 5) is 15.1. The highest BCUT2D eigenvalue weighted by molar-refractivity contribution is 5.98. The molecule has 3 rings (SSSR count). The summed E-state index contributed by atoms with van der Waals surface area (Å²) in [5.74, 6) is 0.745. The number of hydrogen-bond donors (Lipinski definition) is 2. The van der Waals surface area contributed by atoms with Crippen LogP contribution < -0.4 is 5.32 Å². The van der Waals surface area contributed by atoms with Gasteiger partial charge >= 0.3 is 0 Å². The van der Waals surface area contributed by atoms with Crippen molar-refractivity contribution in [3.05, 3.63) is 36.0 Å². The monoisotopic (exact) mass is 228 g/mol. The van der Waals surface area contributed by atoms with E-state index in [1.807, 2.05) is 30.5 Å². The van der Waals surface area contributed by atoms with Crippen molar-refractivity contribution in [1.29, 1.82) is 0 Å². The van der Waals surface area contributed by atoms with Crippen molar-refractivity contribution >= 4 is 16.8 Å². The minimum Gasteiger partial charge on any atom is -0.361 e. The Hall–Kier alpha value is -1.77. The highest BCUT2D eigenvalue weighted by Crippen LogP contribution is 2.25. The number of carbonyl (C=O) groups excluding carboxylic acids is 1. The average Bonchev–Trinajstić information content (AvgIpc) is 2.73. The predicted octanol–water partition coefficient (Wildman–Crippen LogP) is 2.70. The van der Waals surface area contributed by atoms with E-state index < -0.39 is 0 Å². The number of hydrogen-bond acceptors (Lipinski definition) is 1. The second kappa shape index (κ2) is 4.24. The molecule has 1 aromatic carbocycles. The lowest BCUT2D eigenvalue weighted by molar-refractivity contribution is 0.0939. The minimum absolute atomic E-state index is 0.0417. The summed E-state index contributed by atoms with van der Waals surface area (Å²) in [6, 6.07) is 7.74. The molecule has 0 radical (unpaired) electrons. The molecule has 0 unspecified atom stereocenters. The molecule has 1 saturated carbocycles. The summed E-state index contributed by atoms with van der Waals surface area (Å²) in [6.07, 6.45) is 5.73. The maximum absolute atomic E-state index is 11.9. The fourth-order valence-electron chi connectivity index (χ4n) is 2.23. The fourth-order valence-corrected chi connectivity index (χ4v) is 2.23. The van der Waals surface area contributed by atoms with Crippen molar-refractivity contribution in [2.45, 2.75) is 19.3 Å². The lowest BCUT2D eigenvalue weighted by atomic mass is 9.85. The summed E-state index contributed by atoms with van der Waals surface area (Å²) in [6.45, 7) is 0.823. The van der Waals surface area contributed by atoms with E-state index in [4.69, 9.17) is 0 Å². The number of rotatable bonds is 3. The van der Waals surface area contributed by atoms with Gasteiger partial charge in [0.15, 0.2) is 0 Å². The van der Waals surface area contributed by atoms with Crippen molar-refractivity contribution in [3.63, 3.8) is 0 Å². The minimum atomic E-state index is 0.0417. The Labute approximate surface area is 100 Å². The van der Waals surface area contributed by atoms with Gasteiger partial charge in [0.05, 0.1) is 0 Å². The molecule has 1 fully saturated rings. The van der Waals surface area contributed by atoms with Gasteiger partial charge in [-0.3, -0.25) is 4.79 Å². The molecule has 0 aliphatic heterocycles. The Bertz CT molecular complexity index is 540. The number of H-pyrrole nitrogens is 1. The van der Waals surface area contributed by atoms with Gasteiger partial charge in [-0.25, -0.2) is 0 Å². The van der Waals surface area contributed by atoms with Crippen LogP contribution in [0.4, 0.5) is 0 Å². The van der Waals surface area contributed by atoms with Crippen LogP contribution in [-0.4, -0.2) is 17.4 Å². The van der Waals surface area contributed by atoms with Crippen LogP contribution in [0.2, 0.25) is 0 Å². The maximum atomic E-state index is 11.9. The Morgan fingerprint density at radius 2 is 2.24 bits per heavy atom. The molecule has 1 heterocycles. The maximum Gasteiger partial charge on any atom is 0.251 e. The Kier molecular flexibility index (Phi) is 2.59. The lowest BCUT2D eigenvalue weighted by Crippen LogP contribution is -2.32. The molecule has 2 aromatic rings. The Balaban J connectivity index is 1.70. The van der Waals surface area contributed by atoms with E-state index in [9.17, 15) is 4.79 Å². The topological polar surface area (TPSA) is 44.9 Å². The zero-order chi connectivity index (χ0) is 11.7. The first-order chi connectivity index (χ1) is 8.33. The molecule has 0 atom stereocenters. The predicted molar refractivity (Wildman–Crippen MR) is 68.0 cm³/mol. The number of aromatic nitrogens is 1. The van der Waals surface area contributed by atoms with Crippen LogP contribution in [0, 0.1) is 5.92 Å². The Morgan fingerprint density at radius 3 is 3.00 bits per heavy atom. The van der Waals surface area contributed by atoms with Crippen LogP contribution in [0.3, 0.4) is 0 Å². The third-order valence-electron chi connectivity index (χ3n) is 3.59. The average molecular weight is 228 g/mol. The SMILES string of the molecule is O=C(NCC1CCC1)c1ccc2[nH]ccc2c1. The van der Waals surface area contributed by atoms with Crippen LogP contribution in [0.5, 0.6) is 0 Å². The molecular formula is C14H16N2O. The van der Waals surface area contributed by atoms with E-state index in [1.165, 1.54) is 19.3 Å². The van der Waals surface area contributed by atoms with Gasteiger partial charge < -0.3 is 10.3 Å². The fraction of sp³-hybridized carbons (Fsp3) is 0.357. The molecule has 0 saturated heterocycles. The summed E-state index contributed by atoms with van der Waals surface area (Å²) < 4.78 is 0. The van der Waals surface area contributed by atoms with Crippen molar-refractivity contribution in [2.75, 3.05) is 6.54 Å². The summed E-state index contributed by atoms with van der Waals surface area (Å²) in [5.41, 5.74) is 1.82. The largest absolute Gasteiger partial charge is 0.361 e. The highest BCUT2D eigenvalue weighted by Gasteiger charge is 2.18. The van der Waals surface area contributed by atoms with E-state index in [0.717, 1.165) is 23.0 Å². The number of amides is 1. The second-order valence-electron chi connectivity index (χ2n) is 4.79. The molecule has 88 valence electrons. The molecule has 2 N–H and O–H groups in total. The molecule has 1 aliphatic carbocycles. The lowest BCUT2D eigenvalue weighted by Gasteiger charge is -2.25. The van der Waals surface area contributed by atoms with Crippen LogP contribution >= 0.6 is 0 Å². The van der Waals surface area contributed by atoms with Gasteiger partial charge in [-0.15, -0.1) is 0 Å². The van der Waals surface area contributed by atoms with Crippen LogP contribution in [0.15, 0.2) is 30.5 Å². The number of aromatic amines is 1. The number of nitrogens with one attached hydrogen (secondary N) is 2. The van der Waals surface area contributed by atoms with E-state index in [2.05, 4.69) is 10.3 Å². The molecule has 1 aliphatic rings. The van der Waals surface area contributed by atoms with E-state index >= 15 is 0 Å². The van der Waals surface area contributed by atoms with Gasteiger partial charge in [0.1, 0.15) is 0 Å². The number of fused-ring (bicyclic) bond motifs is 1. The van der Waals surface area contributed by atoms with Gasteiger partial charge in [-0.05, 0) is 43.0 Å². The van der Waals surface area contributed by atoms with Gasteiger partial charge in [0.2, 0.25) is 0 Å². The summed E-state index contributed by atoms with van der Waals surface area (Å²) in [5, 5.41) is 4.09. The quantitative estimate of drug-likeness (QED) is 0.833. The zero-order valence-corrected chi connectivity index (χ0v) is 9.70. The van der Waals surface area contributed by atoms with Gasteiger partial charge in [0, 0.05) is 29.2 Å². The third kappa shape index (κ3) is 2.05. The summed E-state index contributed by atoms with van der Waals surface area (Å²) >= 11 is 0. The van der Waals surface area contributed by atoms with Crippen LogP contribution in [0.25, 0.3) is 10.9 Å². The molecule has 0 bridgehead atoms. The first kappa shape index (κ1) is 10.4. The molecule has 1 amide bonds. The first-order valence-corrected chi connectivity index (χ1v) is 6.18. The summed E-state index contributed by atoms with van der Waals surface area (Å²) in [7, 11) is 0.